The second-order valence-corrected chi connectivity index (χ2v) is 4.24. The third-order valence-electron chi connectivity index (χ3n) is 2.49. The highest BCUT2D eigenvalue weighted by Gasteiger charge is 2.36. The molecule has 7 heteroatoms. The number of carbonyl (C=O) groups is 2. The zero-order chi connectivity index (χ0) is 13.4. The molecule has 0 radical (unpaired) electrons. The Hall–Kier alpha value is -2.21. The minimum absolute atomic E-state index is 0.0205. The number of amides is 2. The Balaban J connectivity index is 2.45. The second-order valence-electron chi connectivity index (χ2n) is 3.70. The topological polar surface area (TPSA) is 80.5 Å². The number of hydrogen-bond acceptors (Lipinski definition) is 4. The highest BCUT2D eigenvalue weighted by molar-refractivity contribution is 6.30. The van der Waals surface area contributed by atoms with Crippen LogP contribution in [0.25, 0.3) is 0 Å². The molecule has 0 unspecified atom stereocenters. The standard InChI is InChI=1S/C11H7ClN2O4/c1-6(12)5-13-10(15)8-3-2-7(14(17)18)4-9(8)11(13)16/h2-4H,1,5H2. The Kier molecular flexibility index (Phi) is 2.88. The molecule has 0 N–H and O–H groups in total. The summed E-state index contributed by atoms with van der Waals surface area (Å²) in [5.74, 6) is -1.12. The molecule has 0 atom stereocenters. The fourth-order valence-electron chi connectivity index (χ4n) is 1.71. The van der Waals surface area contributed by atoms with Crippen molar-refractivity contribution in [2.75, 3.05) is 6.54 Å². The van der Waals surface area contributed by atoms with E-state index in [9.17, 15) is 19.7 Å². The van der Waals surface area contributed by atoms with Crippen LogP contribution in [0.5, 0.6) is 0 Å². The van der Waals surface area contributed by atoms with Crippen LogP contribution in [0.15, 0.2) is 29.8 Å². The minimum Gasteiger partial charge on any atom is -0.269 e. The van der Waals surface area contributed by atoms with E-state index < -0.39 is 16.7 Å². The molecule has 0 saturated carbocycles. The van der Waals surface area contributed by atoms with Crippen LogP contribution in [0.1, 0.15) is 20.7 Å². The Morgan fingerprint density at radius 2 is 1.94 bits per heavy atom. The van der Waals surface area contributed by atoms with Crippen molar-refractivity contribution in [1.29, 1.82) is 0 Å². The largest absolute Gasteiger partial charge is 0.270 e. The number of imide groups is 1. The number of nitro benzene ring substituents is 1. The van der Waals surface area contributed by atoms with E-state index in [0.29, 0.717) is 0 Å². The van der Waals surface area contributed by atoms with E-state index in [0.717, 1.165) is 11.0 Å². The summed E-state index contributed by atoms with van der Waals surface area (Å²) in [6.45, 7) is 3.30. The molecule has 6 nitrogen and oxygen atoms in total. The number of rotatable bonds is 3. The van der Waals surface area contributed by atoms with Crippen LogP contribution in [0, 0.1) is 10.1 Å². The van der Waals surface area contributed by atoms with Gasteiger partial charge in [-0.1, -0.05) is 18.2 Å². The van der Waals surface area contributed by atoms with Crippen LogP contribution in [0.3, 0.4) is 0 Å². The zero-order valence-corrected chi connectivity index (χ0v) is 9.81. The molecule has 0 spiro atoms. The van der Waals surface area contributed by atoms with Gasteiger partial charge in [-0.15, -0.1) is 0 Å². The number of benzene rings is 1. The normalized spacial score (nSPS) is 13.7. The quantitative estimate of drug-likeness (QED) is 0.476. The van der Waals surface area contributed by atoms with Crippen LogP contribution in [0.2, 0.25) is 0 Å². The lowest BCUT2D eigenvalue weighted by Crippen LogP contribution is -2.30. The average molecular weight is 267 g/mol. The first-order valence-electron chi connectivity index (χ1n) is 4.89. The lowest BCUT2D eigenvalue weighted by Gasteiger charge is -2.11. The molecule has 2 rings (SSSR count). The van der Waals surface area contributed by atoms with E-state index in [4.69, 9.17) is 11.6 Å². The summed E-state index contributed by atoms with van der Waals surface area (Å²) in [5.41, 5.74) is -0.0721. The third-order valence-corrected chi connectivity index (χ3v) is 2.61. The molecule has 2 amide bonds. The fourth-order valence-corrected chi connectivity index (χ4v) is 1.83. The van der Waals surface area contributed by atoms with Gasteiger partial charge in [0.25, 0.3) is 17.5 Å². The molecule has 0 bridgehead atoms. The van der Waals surface area contributed by atoms with Crippen molar-refractivity contribution in [3.8, 4) is 0 Å². The van der Waals surface area contributed by atoms with Crippen LogP contribution in [-0.2, 0) is 0 Å². The molecular formula is C11H7ClN2O4. The SMILES string of the molecule is C=C(Cl)CN1C(=O)c2ccc([N+](=O)[O-])cc2C1=O. The Morgan fingerprint density at radius 1 is 1.33 bits per heavy atom. The minimum atomic E-state index is -0.624. The maximum Gasteiger partial charge on any atom is 0.270 e. The van der Waals surface area contributed by atoms with Crippen molar-refractivity contribution in [1.82, 2.24) is 4.90 Å². The lowest BCUT2D eigenvalue weighted by atomic mass is 10.1. The first-order valence-corrected chi connectivity index (χ1v) is 5.27. The van der Waals surface area contributed by atoms with Crippen LogP contribution in [0.4, 0.5) is 5.69 Å². The molecule has 0 aliphatic carbocycles. The predicted octanol–water partition coefficient (Wildman–Crippen LogP) is 1.94. The zero-order valence-electron chi connectivity index (χ0n) is 9.05. The van der Waals surface area contributed by atoms with Gasteiger partial charge in [0.05, 0.1) is 22.6 Å². The number of nitrogens with zero attached hydrogens (tertiary/aromatic N) is 2. The van der Waals surface area contributed by atoms with Gasteiger partial charge in [-0.3, -0.25) is 24.6 Å². The van der Waals surface area contributed by atoms with Gasteiger partial charge < -0.3 is 0 Å². The summed E-state index contributed by atoms with van der Waals surface area (Å²) in [7, 11) is 0. The predicted molar refractivity (Wildman–Crippen MR) is 63.5 cm³/mol. The number of halogens is 1. The summed E-state index contributed by atoms with van der Waals surface area (Å²) < 4.78 is 0. The molecule has 0 fully saturated rings. The molecule has 0 saturated heterocycles. The molecule has 1 aromatic carbocycles. The van der Waals surface area contributed by atoms with Gasteiger partial charge in [-0.25, -0.2) is 0 Å². The van der Waals surface area contributed by atoms with Crippen molar-refractivity contribution in [3.63, 3.8) is 0 Å². The number of hydrogen-bond donors (Lipinski definition) is 0. The molecule has 1 aliphatic heterocycles. The van der Waals surface area contributed by atoms with E-state index in [2.05, 4.69) is 6.58 Å². The number of carbonyl (C=O) groups excluding carboxylic acids is 2. The van der Waals surface area contributed by atoms with Gasteiger partial charge in [-0.2, -0.15) is 0 Å². The first-order chi connectivity index (χ1) is 8.41. The van der Waals surface area contributed by atoms with E-state index >= 15 is 0 Å². The van der Waals surface area contributed by atoms with Crippen molar-refractivity contribution in [3.05, 3.63) is 51.1 Å². The molecule has 1 aromatic rings. The summed E-state index contributed by atoms with van der Waals surface area (Å²) >= 11 is 5.56. The number of fused-ring (bicyclic) bond motifs is 1. The monoisotopic (exact) mass is 266 g/mol. The smallest absolute Gasteiger partial charge is 0.269 e. The van der Waals surface area contributed by atoms with Gasteiger partial charge in [0.1, 0.15) is 0 Å². The Labute approximate surface area is 107 Å². The van der Waals surface area contributed by atoms with Gasteiger partial charge in [-0.05, 0) is 6.07 Å². The van der Waals surface area contributed by atoms with Gasteiger partial charge in [0.2, 0.25) is 0 Å². The molecule has 92 valence electrons. The molecule has 0 aromatic heterocycles. The van der Waals surface area contributed by atoms with E-state index in [1.807, 2.05) is 0 Å². The molecule has 1 aliphatic rings. The number of non-ortho nitro benzene ring substituents is 1. The summed E-state index contributed by atoms with van der Waals surface area (Å²) in [6, 6.07) is 3.54. The molecule has 1 heterocycles. The highest BCUT2D eigenvalue weighted by atomic mass is 35.5. The van der Waals surface area contributed by atoms with Crippen LogP contribution >= 0.6 is 11.6 Å². The lowest BCUT2D eigenvalue weighted by molar-refractivity contribution is -0.384. The van der Waals surface area contributed by atoms with Crippen LogP contribution in [-0.4, -0.2) is 28.2 Å². The van der Waals surface area contributed by atoms with Gasteiger partial charge in [0.15, 0.2) is 0 Å². The summed E-state index contributed by atoms with van der Waals surface area (Å²) in [6.07, 6.45) is 0. The van der Waals surface area contributed by atoms with E-state index in [1.54, 1.807) is 0 Å². The van der Waals surface area contributed by atoms with Gasteiger partial charge >= 0.3 is 0 Å². The average Bonchev–Trinajstić information content (AvgIpc) is 2.53. The summed E-state index contributed by atoms with van der Waals surface area (Å²) in [4.78, 5) is 34.7. The Morgan fingerprint density at radius 3 is 2.50 bits per heavy atom. The van der Waals surface area contributed by atoms with Crippen molar-refractivity contribution in [2.24, 2.45) is 0 Å². The van der Waals surface area contributed by atoms with Crippen molar-refractivity contribution in [2.45, 2.75) is 0 Å². The maximum absolute atomic E-state index is 11.9. The van der Waals surface area contributed by atoms with Crippen LogP contribution < -0.4 is 0 Å². The fraction of sp³-hybridized carbons (Fsp3) is 0.0909. The first kappa shape index (κ1) is 12.3. The molecule has 18 heavy (non-hydrogen) atoms. The van der Waals surface area contributed by atoms with Gasteiger partial charge in [0, 0.05) is 17.2 Å². The Bertz CT molecular complexity index is 597. The van der Waals surface area contributed by atoms with E-state index in [-0.39, 0.29) is 28.4 Å². The summed E-state index contributed by atoms with van der Waals surface area (Å²) in [5, 5.41) is 10.7. The highest BCUT2D eigenvalue weighted by Crippen LogP contribution is 2.27. The van der Waals surface area contributed by atoms with Crippen molar-refractivity contribution < 1.29 is 14.5 Å². The maximum atomic E-state index is 11.9. The second kappa shape index (κ2) is 4.23. The van der Waals surface area contributed by atoms with Crippen molar-refractivity contribution >= 4 is 29.1 Å². The molecular weight excluding hydrogens is 260 g/mol. The third kappa shape index (κ3) is 1.86. The number of nitro groups is 1. The van der Waals surface area contributed by atoms with E-state index in [1.165, 1.54) is 12.1 Å².